The van der Waals surface area contributed by atoms with Crippen molar-refractivity contribution in [2.45, 2.75) is 20.0 Å². The highest BCUT2D eigenvalue weighted by molar-refractivity contribution is 6.31. The molecular weight excluding hydrogens is 384 g/mol. The van der Waals surface area contributed by atoms with Crippen LogP contribution in [0, 0.1) is 6.92 Å². The Bertz CT molecular complexity index is 870. The number of benzene rings is 2. The number of hydrogen-bond donors (Lipinski definition) is 1. The zero-order valence-corrected chi connectivity index (χ0v) is 17.2. The highest BCUT2D eigenvalue weighted by Crippen LogP contribution is 2.38. The summed E-state index contributed by atoms with van der Waals surface area (Å²) in [5.41, 5.74) is 3.93. The Balaban J connectivity index is 2.05. The van der Waals surface area contributed by atoms with Crippen molar-refractivity contribution in [2.24, 2.45) is 5.10 Å². The van der Waals surface area contributed by atoms with Gasteiger partial charge in [0, 0.05) is 10.6 Å². The van der Waals surface area contributed by atoms with Crippen LogP contribution in [-0.2, 0) is 4.79 Å². The van der Waals surface area contributed by atoms with Crippen LogP contribution < -0.4 is 24.4 Å². The topological polar surface area (TPSA) is 78.4 Å². The zero-order chi connectivity index (χ0) is 20.7. The predicted octanol–water partition coefficient (Wildman–Crippen LogP) is 3.59. The van der Waals surface area contributed by atoms with E-state index in [2.05, 4.69) is 10.5 Å². The molecule has 0 saturated heterocycles. The number of nitrogens with zero attached hydrogens (tertiary/aromatic N) is 1. The van der Waals surface area contributed by atoms with Crippen LogP contribution in [0.5, 0.6) is 23.0 Å². The largest absolute Gasteiger partial charge is 0.493 e. The molecule has 0 aliphatic heterocycles. The van der Waals surface area contributed by atoms with Gasteiger partial charge in [0.1, 0.15) is 5.75 Å². The molecule has 0 fully saturated rings. The second-order valence-electron chi connectivity index (χ2n) is 5.83. The molecule has 0 bridgehead atoms. The molecule has 0 spiro atoms. The molecule has 0 unspecified atom stereocenters. The SMILES string of the molecule is COc1ccc(/C=N\NC(=O)[C@H](C)Oc2ccc(Cl)c(C)c2)c(OC)c1OC. The van der Waals surface area contributed by atoms with Gasteiger partial charge in [-0.1, -0.05) is 11.6 Å². The van der Waals surface area contributed by atoms with Crippen molar-refractivity contribution in [1.82, 2.24) is 5.43 Å². The fraction of sp³-hybridized carbons (Fsp3) is 0.300. The minimum atomic E-state index is -0.745. The van der Waals surface area contributed by atoms with Gasteiger partial charge in [0.2, 0.25) is 5.75 Å². The van der Waals surface area contributed by atoms with Crippen molar-refractivity contribution in [3.05, 3.63) is 46.5 Å². The van der Waals surface area contributed by atoms with Crippen molar-refractivity contribution in [2.75, 3.05) is 21.3 Å². The average molecular weight is 407 g/mol. The van der Waals surface area contributed by atoms with Crippen LogP contribution in [0.1, 0.15) is 18.1 Å². The van der Waals surface area contributed by atoms with Gasteiger partial charge in [-0.15, -0.1) is 0 Å². The third kappa shape index (κ3) is 5.07. The van der Waals surface area contributed by atoms with Gasteiger partial charge in [-0.25, -0.2) is 5.43 Å². The molecule has 1 N–H and O–H groups in total. The predicted molar refractivity (Wildman–Crippen MR) is 108 cm³/mol. The first kappa shape index (κ1) is 21.4. The molecule has 7 nitrogen and oxygen atoms in total. The second kappa shape index (κ2) is 9.85. The van der Waals surface area contributed by atoms with Crippen LogP contribution in [0.4, 0.5) is 0 Å². The number of hydrazone groups is 1. The smallest absolute Gasteiger partial charge is 0.280 e. The van der Waals surface area contributed by atoms with Gasteiger partial charge in [0.25, 0.3) is 5.91 Å². The molecule has 1 amide bonds. The van der Waals surface area contributed by atoms with E-state index in [1.54, 1.807) is 37.3 Å². The summed E-state index contributed by atoms with van der Waals surface area (Å²) in [5.74, 6) is 1.56. The molecule has 2 aromatic rings. The summed E-state index contributed by atoms with van der Waals surface area (Å²) in [6, 6.07) is 8.66. The van der Waals surface area contributed by atoms with Crippen molar-refractivity contribution < 1.29 is 23.7 Å². The number of carbonyl (C=O) groups excluding carboxylic acids is 1. The van der Waals surface area contributed by atoms with Crippen LogP contribution in [0.15, 0.2) is 35.4 Å². The van der Waals surface area contributed by atoms with Gasteiger partial charge >= 0.3 is 0 Å². The summed E-state index contributed by atoms with van der Waals surface area (Å²) in [7, 11) is 4.56. The van der Waals surface area contributed by atoms with Gasteiger partial charge in [0.15, 0.2) is 17.6 Å². The molecule has 0 aliphatic carbocycles. The summed E-state index contributed by atoms with van der Waals surface area (Å²) in [5, 5.41) is 4.61. The lowest BCUT2D eigenvalue weighted by molar-refractivity contribution is -0.127. The first-order valence-corrected chi connectivity index (χ1v) is 8.83. The number of halogens is 1. The number of ether oxygens (including phenoxy) is 4. The maximum absolute atomic E-state index is 12.2. The summed E-state index contributed by atoms with van der Waals surface area (Å²) in [6.07, 6.45) is 0.711. The normalized spacial score (nSPS) is 11.8. The number of amides is 1. The lowest BCUT2D eigenvalue weighted by atomic mass is 10.2. The van der Waals surface area contributed by atoms with Crippen LogP contribution >= 0.6 is 11.6 Å². The number of aryl methyl sites for hydroxylation is 1. The highest BCUT2D eigenvalue weighted by Gasteiger charge is 2.16. The Morgan fingerprint density at radius 1 is 1.11 bits per heavy atom. The second-order valence-corrected chi connectivity index (χ2v) is 6.24. The molecule has 0 radical (unpaired) electrons. The molecule has 1 atom stereocenters. The Hall–Kier alpha value is -2.93. The van der Waals surface area contributed by atoms with E-state index in [0.29, 0.717) is 33.6 Å². The molecule has 0 saturated carbocycles. The van der Waals surface area contributed by atoms with E-state index in [4.69, 9.17) is 30.5 Å². The van der Waals surface area contributed by atoms with E-state index in [-0.39, 0.29) is 0 Å². The Morgan fingerprint density at radius 2 is 1.82 bits per heavy atom. The highest BCUT2D eigenvalue weighted by atomic mass is 35.5. The average Bonchev–Trinajstić information content (AvgIpc) is 2.69. The number of methoxy groups -OCH3 is 3. The van der Waals surface area contributed by atoms with Gasteiger partial charge in [-0.3, -0.25) is 4.79 Å². The monoisotopic (exact) mass is 406 g/mol. The van der Waals surface area contributed by atoms with E-state index in [9.17, 15) is 4.79 Å². The van der Waals surface area contributed by atoms with Crippen LogP contribution in [0.3, 0.4) is 0 Å². The first-order valence-electron chi connectivity index (χ1n) is 8.46. The number of carbonyl (C=O) groups is 1. The fourth-order valence-corrected chi connectivity index (χ4v) is 2.55. The minimum absolute atomic E-state index is 0.400. The number of rotatable bonds is 8. The van der Waals surface area contributed by atoms with Gasteiger partial charge in [0.05, 0.1) is 27.5 Å². The molecule has 0 aromatic heterocycles. The molecule has 0 aliphatic rings. The summed E-state index contributed by atoms with van der Waals surface area (Å²) in [6.45, 7) is 3.49. The molecule has 8 heteroatoms. The minimum Gasteiger partial charge on any atom is -0.493 e. The van der Waals surface area contributed by atoms with E-state index >= 15 is 0 Å². The number of nitrogens with one attached hydrogen (secondary N) is 1. The third-order valence-electron chi connectivity index (χ3n) is 3.92. The Labute approximate surface area is 169 Å². The van der Waals surface area contributed by atoms with Crippen molar-refractivity contribution in [3.8, 4) is 23.0 Å². The molecular formula is C20H23ClN2O5. The standard InChI is InChI=1S/C20H23ClN2O5/c1-12-10-15(7-8-16(12)21)28-13(2)20(24)23-22-11-14-6-9-17(25-3)19(27-5)18(14)26-4/h6-11,13H,1-5H3,(H,23,24)/b22-11-/t13-/m0/s1. The van der Waals surface area contributed by atoms with E-state index in [1.165, 1.54) is 27.5 Å². The van der Waals surface area contributed by atoms with Crippen molar-refractivity contribution >= 4 is 23.7 Å². The van der Waals surface area contributed by atoms with Gasteiger partial charge in [-0.2, -0.15) is 5.10 Å². The fourth-order valence-electron chi connectivity index (χ4n) is 2.43. The summed E-state index contributed by atoms with van der Waals surface area (Å²) >= 11 is 5.99. The molecule has 28 heavy (non-hydrogen) atoms. The maximum atomic E-state index is 12.2. The van der Waals surface area contributed by atoms with Crippen molar-refractivity contribution in [3.63, 3.8) is 0 Å². The number of hydrogen-bond acceptors (Lipinski definition) is 6. The van der Waals surface area contributed by atoms with E-state index in [1.807, 2.05) is 6.92 Å². The molecule has 0 heterocycles. The van der Waals surface area contributed by atoms with Gasteiger partial charge in [-0.05, 0) is 49.7 Å². The van der Waals surface area contributed by atoms with Crippen LogP contribution in [0.2, 0.25) is 5.02 Å². The zero-order valence-electron chi connectivity index (χ0n) is 16.4. The van der Waals surface area contributed by atoms with Crippen molar-refractivity contribution in [1.29, 1.82) is 0 Å². The third-order valence-corrected chi connectivity index (χ3v) is 4.35. The van der Waals surface area contributed by atoms with E-state index in [0.717, 1.165) is 5.56 Å². The van der Waals surface area contributed by atoms with E-state index < -0.39 is 12.0 Å². The molecule has 2 aromatic carbocycles. The quantitative estimate of drug-likeness (QED) is 0.535. The first-order chi connectivity index (χ1) is 13.4. The molecule has 2 rings (SSSR count). The van der Waals surface area contributed by atoms with Crippen LogP contribution in [-0.4, -0.2) is 39.6 Å². The summed E-state index contributed by atoms with van der Waals surface area (Å²) < 4.78 is 21.5. The Morgan fingerprint density at radius 3 is 2.43 bits per heavy atom. The lowest BCUT2D eigenvalue weighted by Crippen LogP contribution is -2.33. The van der Waals surface area contributed by atoms with Gasteiger partial charge < -0.3 is 18.9 Å². The summed E-state index contributed by atoms with van der Waals surface area (Å²) in [4.78, 5) is 12.2. The maximum Gasteiger partial charge on any atom is 0.280 e. The molecule has 150 valence electrons. The van der Waals surface area contributed by atoms with Crippen LogP contribution in [0.25, 0.3) is 0 Å². The lowest BCUT2D eigenvalue weighted by Gasteiger charge is -2.14. The Kier molecular flexibility index (Phi) is 7.52.